The zero-order chi connectivity index (χ0) is 20.0. The molecule has 0 bridgehead atoms. The molecular formula is C21H20N4O3S. The van der Waals surface area contributed by atoms with Crippen LogP contribution in [0.4, 0.5) is 5.69 Å². The van der Waals surface area contributed by atoms with Crippen LogP contribution in [0.3, 0.4) is 0 Å². The molecule has 1 aliphatic carbocycles. The number of imidazole rings is 1. The molecule has 1 saturated carbocycles. The number of methoxy groups -OCH3 is 1. The van der Waals surface area contributed by atoms with E-state index >= 15 is 0 Å². The number of nitrogens with zero attached hydrogens (tertiary/aromatic N) is 3. The number of aromatic nitrogens is 3. The average molecular weight is 408 g/mol. The molecule has 0 aliphatic heterocycles. The van der Waals surface area contributed by atoms with Crippen LogP contribution in [0, 0.1) is 0 Å². The summed E-state index contributed by atoms with van der Waals surface area (Å²) in [5.74, 6) is 0.764. The Morgan fingerprint density at radius 3 is 2.62 bits per heavy atom. The summed E-state index contributed by atoms with van der Waals surface area (Å²) in [6.45, 7) is 0.622. The number of nitrogens with one attached hydrogen (secondary N) is 1. The lowest BCUT2D eigenvalue weighted by Gasteiger charge is -2.10. The van der Waals surface area contributed by atoms with Gasteiger partial charge >= 0.3 is 0 Å². The van der Waals surface area contributed by atoms with Crippen LogP contribution in [0.2, 0.25) is 0 Å². The summed E-state index contributed by atoms with van der Waals surface area (Å²) in [7, 11) is -1.61. The fourth-order valence-electron chi connectivity index (χ4n) is 3.48. The minimum absolute atomic E-state index is 0.236. The minimum atomic E-state index is -3.24. The van der Waals surface area contributed by atoms with Crippen LogP contribution < -0.4 is 9.46 Å². The van der Waals surface area contributed by atoms with Crippen LogP contribution in [-0.2, 0) is 16.6 Å². The van der Waals surface area contributed by atoms with Crippen LogP contribution >= 0.6 is 0 Å². The van der Waals surface area contributed by atoms with Crippen LogP contribution in [0.5, 0.6) is 5.75 Å². The largest absolute Gasteiger partial charge is 0.497 e. The second-order valence-electron chi connectivity index (χ2n) is 7.29. The quantitative estimate of drug-likeness (QED) is 0.527. The lowest BCUT2D eigenvalue weighted by molar-refractivity contribution is 0.415. The predicted molar refractivity (Wildman–Crippen MR) is 113 cm³/mol. The average Bonchev–Trinajstić information content (AvgIpc) is 3.51. The molecule has 2 aromatic heterocycles. The minimum Gasteiger partial charge on any atom is -0.497 e. The molecule has 2 aromatic carbocycles. The van der Waals surface area contributed by atoms with Crippen molar-refractivity contribution in [2.45, 2.75) is 24.6 Å². The van der Waals surface area contributed by atoms with E-state index in [4.69, 9.17) is 4.74 Å². The van der Waals surface area contributed by atoms with Crippen molar-refractivity contribution < 1.29 is 13.2 Å². The van der Waals surface area contributed by atoms with Crippen molar-refractivity contribution in [1.82, 2.24) is 14.5 Å². The first kappa shape index (κ1) is 17.9. The van der Waals surface area contributed by atoms with Crippen LogP contribution in [0.1, 0.15) is 18.4 Å². The van der Waals surface area contributed by atoms with Gasteiger partial charge in [0.2, 0.25) is 10.0 Å². The summed E-state index contributed by atoms with van der Waals surface area (Å²) in [5.41, 5.74) is 4.34. The monoisotopic (exact) mass is 408 g/mol. The van der Waals surface area contributed by atoms with Gasteiger partial charge in [-0.05, 0) is 42.7 Å². The molecule has 5 rings (SSSR count). The highest BCUT2D eigenvalue weighted by atomic mass is 32.2. The van der Waals surface area contributed by atoms with E-state index in [0.717, 1.165) is 46.1 Å². The van der Waals surface area contributed by atoms with E-state index in [2.05, 4.69) is 19.3 Å². The molecule has 0 spiro atoms. The zero-order valence-corrected chi connectivity index (χ0v) is 16.7. The third-order valence-corrected chi connectivity index (χ3v) is 7.05. The van der Waals surface area contributed by atoms with Crippen molar-refractivity contribution in [3.8, 4) is 5.75 Å². The summed E-state index contributed by atoms with van der Waals surface area (Å²) in [4.78, 5) is 8.96. The van der Waals surface area contributed by atoms with E-state index < -0.39 is 10.0 Å². The van der Waals surface area contributed by atoms with Gasteiger partial charge < -0.3 is 9.30 Å². The van der Waals surface area contributed by atoms with Gasteiger partial charge in [-0.15, -0.1) is 0 Å². The van der Waals surface area contributed by atoms with Gasteiger partial charge in [-0.3, -0.25) is 9.71 Å². The first-order chi connectivity index (χ1) is 14.0. The molecule has 8 heteroatoms. The number of pyridine rings is 1. The lowest BCUT2D eigenvalue weighted by Crippen LogP contribution is -2.17. The molecule has 4 aromatic rings. The molecule has 0 amide bonds. The highest BCUT2D eigenvalue weighted by Crippen LogP contribution is 2.30. The number of hydrogen-bond acceptors (Lipinski definition) is 5. The maximum atomic E-state index is 12.1. The molecule has 7 nitrogen and oxygen atoms in total. The number of rotatable bonds is 6. The molecule has 2 heterocycles. The van der Waals surface area contributed by atoms with E-state index in [0.29, 0.717) is 12.2 Å². The van der Waals surface area contributed by atoms with Gasteiger partial charge in [-0.2, -0.15) is 0 Å². The third kappa shape index (κ3) is 3.40. The highest BCUT2D eigenvalue weighted by Gasteiger charge is 2.35. The molecule has 29 heavy (non-hydrogen) atoms. The van der Waals surface area contributed by atoms with Crippen molar-refractivity contribution >= 4 is 37.6 Å². The van der Waals surface area contributed by atoms with Crippen LogP contribution in [0.25, 0.3) is 21.9 Å². The number of hydrogen-bond donors (Lipinski definition) is 1. The maximum Gasteiger partial charge on any atom is 0.235 e. The maximum absolute atomic E-state index is 12.1. The van der Waals surface area contributed by atoms with Gasteiger partial charge in [0, 0.05) is 23.7 Å². The first-order valence-electron chi connectivity index (χ1n) is 9.42. The Kier molecular flexibility index (Phi) is 4.16. The predicted octanol–water partition coefficient (Wildman–Crippen LogP) is 3.55. The number of benzene rings is 2. The second-order valence-corrected chi connectivity index (χ2v) is 9.25. The van der Waals surface area contributed by atoms with E-state index in [1.165, 1.54) is 0 Å². The fourth-order valence-corrected chi connectivity index (χ4v) is 4.87. The van der Waals surface area contributed by atoms with Gasteiger partial charge in [-0.25, -0.2) is 13.4 Å². The first-order valence-corrected chi connectivity index (χ1v) is 11.0. The molecule has 0 radical (unpaired) electrons. The summed E-state index contributed by atoms with van der Waals surface area (Å²) in [6, 6.07) is 13.3. The molecule has 0 atom stereocenters. The number of sulfonamides is 1. The second kappa shape index (κ2) is 6.73. The molecule has 0 unspecified atom stereocenters. The summed E-state index contributed by atoms with van der Waals surface area (Å²) >= 11 is 0. The van der Waals surface area contributed by atoms with Crippen molar-refractivity contribution in [2.24, 2.45) is 0 Å². The normalized spacial score (nSPS) is 14.4. The highest BCUT2D eigenvalue weighted by molar-refractivity contribution is 7.93. The van der Waals surface area contributed by atoms with Gasteiger partial charge in [-0.1, -0.05) is 12.1 Å². The molecule has 0 saturated heterocycles. The van der Waals surface area contributed by atoms with Crippen LogP contribution in [-0.4, -0.2) is 35.3 Å². The van der Waals surface area contributed by atoms with Crippen molar-refractivity contribution in [1.29, 1.82) is 0 Å². The smallest absolute Gasteiger partial charge is 0.235 e. The number of ether oxygens (including phenoxy) is 1. The Morgan fingerprint density at radius 2 is 1.90 bits per heavy atom. The summed E-state index contributed by atoms with van der Waals surface area (Å²) in [6.07, 6.45) is 5.06. The summed E-state index contributed by atoms with van der Waals surface area (Å²) < 4.78 is 34.2. The van der Waals surface area contributed by atoms with Crippen molar-refractivity contribution in [3.05, 3.63) is 60.6 Å². The molecule has 1 fully saturated rings. The Hall–Kier alpha value is -3.13. The Morgan fingerprint density at radius 1 is 1.10 bits per heavy atom. The molecule has 1 aliphatic rings. The van der Waals surface area contributed by atoms with Gasteiger partial charge in [0.15, 0.2) is 0 Å². The topological polar surface area (TPSA) is 86.1 Å². The van der Waals surface area contributed by atoms with E-state index in [1.807, 2.05) is 30.3 Å². The zero-order valence-electron chi connectivity index (χ0n) is 15.9. The standard InChI is InChI=1S/C21H20N4O3S/c1-28-16-6-9-18-19(10-16)22-11-20-21(18)25(13-23-20)12-14-2-4-15(5-3-14)24-29(26,27)17-7-8-17/h2-6,9-11,13,17,24H,7-8,12H2,1H3. The molecule has 1 N–H and O–H groups in total. The van der Waals surface area contributed by atoms with E-state index in [1.54, 1.807) is 31.8 Å². The van der Waals surface area contributed by atoms with Gasteiger partial charge in [0.25, 0.3) is 0 Å². The Balaban J connectivity index is 1.44. The lowest BCUT2D eigenvalue weighted by atomic mass is 10.1. The Labute approximate surface area is 168 Å². The van der Waals surface area contributed by atoms with Gasteiger partial charge in [0.1, 0.15) is 11.3 Å². The van der Waals surface area contributed by atoms with Crippen LogP contribution in [0.15, 0.2) is 55.0 Å². The van der Waals surface area contributed by atoms with Crippen molar-refractivity contribution in [2.75, 3.05) is 11.8 Å². The van der Waals surface area contributed by atoms with E-state index in [9.17, 15) is 8.42 Å². The SMILES string of the molecule is COc1ccc2c(c1)ncc1ncn(Cc3ccc(NS(=O)(=O)C4CC4)cc3)c12. The van der Waals surface area contributed by atoms with E-state index in [-0.39, 0.29) is 5.25 Å². The number of anilines is 1. The third-order valence-electron chi connectivity index (χ3n) is 5.18. The number of fused-ring (bicyclic) bond motifs is 3. The van der Waals surface area contributed by atoms with Gasteiger partial charge in [0.05, 0.1) is 35.9 Å². The summed E-state index contributed by atoms with van der Waals surface area (Å²) in [5, 5.41) is 0.773. The molecular weight excluding hydrogens is 388 g/mol. The fraction of sp³-hybridized carbons (Fsp3) is 0.238. The molecule has 148 valence electrons. The van der Waals surface area contributed by atoms with Crippen molar-refractivity contribution in [3.63, 3.8) is 0 Å². The Bertz CT molecular complexity index is 1310.